The first-order valence-corrected chi connectivity index (χ1v) is 7.14. The van der Waals surface area contributed by atoms with Crippen LogP contribution >= 0.6 is 24.0 Å². The van der Waals surface area contributed by atoms with Crippen molar-refractivity contribution in [2.45, 2.75) is 11.8 Å². The fourth-order valence-electron chi connectivity index (χ4n) is 1.69. The zero-order valence-corrected chi connectivity index (χ0v) is 11.7. The Bertz CT molecular complexity index is 552. The molecule has 0 amide bonds. The first-order valence-electron chi connectivity index (χ1n) is 5.74. The van der Waals surface area contributed by atoms with Crippen LogP contribution in [0.2, 0.25) is 0 Å². The first-order chi connectivity index (χ1) is 8.83. The molecule has 18 heavy (non-hydrogen) atoms. The van der Waals surface area contributed by atoms with Gasteiger partial charge in [-0.05, 0) is 53.4 Å². The molecule has 0 unspecified atom stereocenters. The lowest BCUT2D eigenvalue weighted by atomic mass is 10.1. The number of nitrogens with zero attached hydrogens (tertiary/aromatic N) is 1. The fraction of sp³-hybridized carbons (Fsp3) is 0.133. The Labute approximate surface area is 117 Å². The molecule has 0 saturated carbocycles. The molecule has 0 N–H and O–H groups in total. The molecule has 0 atom stereocenters. The third-order valence-corrected chi connectivity index (χ3v) is 3.53. The summed E-state index contributed by atoms with van der Waals surface area (Å²) in [7, 11) is 0. The van der Waals surface area contributed by atoms with Crippen LogP contribution in [-0.2, 0) is 0 Å². The van der Waals surface area contributed by atoms with Gasteiger partial charge in [-0.3, -0.25) is 0 Å². The minimum Gasteiger partial charge on any atom is -0.195 e. The van der Waals surface area contributed by atoms with Gasteiger partial charge in [0.05, 0.1) is 10.8 Å². The molecule has 0 fully saturated rings. The molecule has 90 valence electrons. The Kier molecular flexibility index (Phi) is 4.71. The molecule has 0 heterocycles. The highest BCUT2D eigenvalue weighted by Crippen LogP contribution is 2.25. The summed E-state index contributed by atoms with van der Waals surface area (Å²) in [5.41, 5.74) is 3.24. The largest absolute Gasteiger partial charge is 0.195 e. The molecule has 2 aromatic rings. The van der Waals surface area contributed by atoms with E-state index in [1.165, 1.54) is 16.0 Å². The minimum atomic E-state index is 0.840. The Morgan fingerprint density at radius 1 is 1.00 bits per heavy atom. The summed E-state index contributed by atoms with van der Waals surface area (Å²) in [4.78, 5) is 5.25. The topological polar surface area (TPSA) is 12.4 Å². The normalized spacial score (nSPS) is 9.83. The van der Waals surface area contributed by atoms with Gasteiger partial charge >= 0.3 is 0 Å². The predicted molar refractivity (Wildman–Crippen MR) is 83.0 cm³/mol. The summed E-state index contributed by atoms with van der Waals surface area (Å²) in [6.07, 6.45) is 0. The van der Waals surface area contributed by atoms with Gasteiger partial charge in [0, 0.05) is 4.90 Å². The van der Waals surface area contributed by atoms with Crippen LogP contribution in [0.1, 0.15) is 6.92 Å². The highest BCUT2D eigenvalue weighted by atomic mass is 32.2. The van der Waals surface area contributed by atoms with Crippen LogP contribution < -0.4 is 0 Å². The number of hydrogen-bond donors (Lipinski definition) is 0. The van der Waals surface area contributed by atoms with Crippen molar-refractivity contribution >= 4 is 34.8 Å². The standard InChI is InChI=1S/C15H13NS2/c1-2-18-15-9-5-13(6-10-15)12-3-7-14(8-4-12)16-11-17/h3-10H,2H2,1H3. The first kappa shape index (κ1) is 13.0. The van der Waals surface area contributed by atoms with Gasteiger partial charge in [0.2, 0.25) is 0 Å². The van der Waals surface area contributed by atoms with Gasteiger partial charge in [0.25, 0.3) is 0 Å². The second-order valence-electron chi connectivity index (χ2n) is 3.71. The zero-order valence-electron chi connectivity index (χ0n) is 10.1. The van der Waals surface area contributed by atoms with E-state index < -0.39 is 0 Å². The maximum absolute atomic E-state index is 4.58. The zero-order chi connectivity index (χ0) is 12.8. The Balaban J connectivity index is 2.22. The molecule has 1 nitrogen and oxygen atoms in total. The van der Waals surface area contributed by atoms with Crippen molar-refractivity contribution in [1.29, 1.82) is 0 Å². The number of aliphatic imine (C=N–C) groups is 1. The maximum Gasteiger partial charge on any atom is 0.0739 e. The molecule has 0 aliphatic carbocycles. The number of thiocarbonyl (C=S) groups is 1. The molecule has 3 heteroatoms. The molecule has 0 spiro atoms. The molecule has 0 aliphatic rings. The summed E-state index contributed by atoms with van der Waals surface area (Å²) < 4.78 is 0. The summed E-state index contributed by atoms with van der Waals surface area (Å²) in [6, 6.07) is 16.6. The molecular formula is C15H13NS2. The van der Waals surface area contributed by atoms with Crippen molar-refractivity contribution < 1.29 is 0 Å². The molecule has 0 radical (unpaired) electrons. The van der Waals surface area contributed by atoms with Crippen LogP contribution in [0.15, 0.2) is 58.4 Å². The van der Waals surface area contributed by atoms with E-state index in [0.29, 0.717) is 0 Å². The van der Waals surface area contributed by atoms with Gasteiger partial charge in [-0.1, -0.05) is 31.2 Å². The van der Waals surface area contributed by atoms with Crippen LogP contribution in [-0.4, -0.2) is 10.9 Å². The van der Waals surface area contributed by atoms with Crippen LogP contribution in [0.25, 0.3) is 11.1 Å². The van der Waals surface area contributed by atoms with Gasteiger partial charge < -0.3 is 0 Å². The number of isothiocyanates is 1. The van der Waals surface area contributed by atoms with E-state index in [9.17, 15) is 0 Å². The number of hydrogen-bond acceptors (Lipinski definition) is 3. The van der Waals surface area contributed by atoms with Crippen molar-refractivity contribution in [3.05, 3.63) is 48.5 Å². The number of benzene rings is 2. The molecule has 0 aliphatic heterocycles. The Morgan fingerprint density at radius 2 is 1.56 bits per heavy atom. The van der Waals surface area contributed by atoms with Gasteiger partial charge in [0.1, 0.15) is 0 Å². The van der Waals surface area contributed by atoms with Crippen LogP contribution in [0, 0.1) is 0 Å². The average molecular weight is 271 g/mol. The summed E-state index contributed by atoms with van der Waals surface area (Å²) in [6.45, 7) is 2.16. The molecule has 0 aromatic heterocycles. The lowest BCUT2D eigenvalue weighted by Gasteiger charge is -2.03. The third-order valence-electron chi connectivity index (χ3n) is 2.54. The third kappa shape index (κ3) is 3.30. The fourth-order valence-corrected chi connectivity index (χ4v) is 2.46. The summed E-state index contributed by atoms with van der Waals surface area (Å²) in [5.74, 6) is 1.10. The van der Waals surface area contributed by atoms with Crippen molar-refractivity contribution in [2.75, 3.05) is 5.75 Å². The van der Waals surface area contributed by atoms with E-state index in [1.54, 1.807) is 0 Å². The van der Waals surface area contributed by atoms with Crippen LogP contribution in [0.4, 0.5) is 5.69 Å². The maximum atomic E-state index is 4.58. The molecule has 2 rings (SSSR count). The number of thioether (sulfide) groups is 1. The Hall–Kier alpha value is -1.41. The smallest absolute Gasteiger partial charge is 0.0739 e. The van der Waals surface area contributed by atoms with Gasteiger partial charge in [-0.2, -0.15) is 4.99 Å². The molecular weight excluding hydrogens is 258 g/mol. The van der Waals surface area contributed by atoms with Crippen molar-refractivity contribution in [1.82, 2.24) is 0 Å². The lowest BCUT2D eigenvalue weighted by Crippen LogP contribution is -1.78. The number of rotatable bonds is 4. The van der Waals surface area contributed by atoms with Gasteiger partial charge in [0.15, 0.2) is 0 Å². The van der Waals surface area contributed by atoms with E-state index in [2.05, 4.69) is 53.6 Å². The average Bonchev–Trinajstić information content (AvgIpc) is 2.41. The Morgan fingerprint density at radius 3 is 2.06 bits per heavy atom. The summed E-state index contributed by atoms with van der Waals surface area (Å²) in [5, 5.41) is 2.37. The molecule has 0 saturated heterocycles. The van der Waals surface area contributed by atoms with Gasteiger partial charge in [-0.25, -0.2) is 0 Å². The van der Waals surface area contributed by atoms with E-state index in [1.807, 2.05) is 36.0 Å². The minimum absolute atomic E-state index is 0.840. The summed E-state index contributed by atoms with van der Waals surface area (Å²) >= 11 is 6.43. The van der Waals surface area contributed by atoms with E-state index in [0.717, 1.165) is 11.4 Å². The van der Waals surface area contributed by atoms with Crippen molar-refractivity contribution in [3.8, 4) is 11.1 Å². The SMILES string of the molecule is CCSc1ccc(-c2ccc(N=C=S)cc2)cc1. The van der Waals surface area contributed by atoms with E-state index in [-0.39, 0.29) is 0 Å². The molecule has 0 bridgehead atoms. The molecule has 2 aromatic carbocycles. The second-order valence-corrected chi connectivity index (χ2v) is 5.23. The highest BCUT2D eigenvalue weighted by Gasteiger charge is 1.98. The van der Waals surface area contributed by atoms with E-state index >= 15 is 0 Å². The van der Waals surface area contributed by atoms with E-state index in [4.69, 9.17) is 0 Å². The van der Waals surface area contributed by atoms with Crippen molar-refractivity contribution in [2.24, 2.45) is 4.99 Å². The monoisotopic (exact) mass is 271 g/mol. The predicted octanol–water partition coefficient (Wildman–Crippen LogP) is 5.20. The van der Waals surface area contributed by atoms with Gasteiger partial charge in [-0.15, -0.1) is 11.8 Å². The lowest BCUT2D eigenvalue weighted by molar-refractivity contribution is 1.42. The quantitative estimate of drug-likeness (QED) is 0.430. The van der Waals surface area contributed by atoms with Crippen LogP contribution in [0.5, 0.6) is 0 Å². The van der Waals surface area contributed by atoms with Crippen LogP contribution in [0.3, 0.4) is 0 Å². The van der Waals surface area contributed by atoms with Crippen molar-refractivity contribution in [3.63, 3.8) is 0 Å². The second kappa shape index (κ2) is 6.50. The highest BCUT2D eigenvalue weighted by molar-refractivity contribution is 7.99.